The highest BCUT2D eigenvalue weighted by molar-refractivity contribution is 6.03. The summed E-state index contributed by atoms with van der Waals surface area (Å²) >= 11 is 0. The molecule has 110 valence electrons. The summed E-state index contributed by atoms with van der Waals surface area (Å²) < 4.78 is 0. The Balaban J connectivity index is 3.35. The normalized spacial score (nSPS) is 10.5. The molecule has 0 saturated heterocycles. The minimum atomic E-state index is -1.29. The largest absolute Gasteiger partial charge is 0.478 e. The van der Waals surface area contributed by atoms with E-state index in [1.54, 1.807) is 6.07 Å². The maximum atomic E-state index is 11.4. The lowest BCUT2D eigenvalue weighted by Crippen LogP contribution is -2.14. The van der Waals surface area contributed by atoms with Gasteiger partial charge >= 0.3 is 11.9 Å². The summed E-state index contributed by atoms with van der Waals surface area (Å²) in [7, 11) is 0. The maximum absolute atomic E-state index is 11.4. The Labute approximate surface area is 116 Å². The summed E-state index contributed by atoms with van der Waals surface area (Å²) in [5.41, 5.74) is 0.661. The van der Waals surface area contributed by atoms with Gasteiger partial charge in [0, 0.05) is 13.2 Å². The van der Waals surface area contributed by atoms with Crippen LogP contribution in [0, 0.1) is 0 Å². The van der Waals surface area contributed by atoms with Crippen LogP contribution in [0.25, 0.3) is 0 Å². The Morgan fingerprint density at radius 1 is 0.900 bits per heavy atom. The Bertz CT molecular complexity index is 495. The van der Waals surface area contributed by atoms with E-state index < -0.39 is 11.9 Å². The zero-order valence-corrected chi connectivity index (χ0v) is 11.0. The van der Waals surface area contributed by atoms with E-state index in [1.165, 1.54) is 6.07 Å². The molecule has 6 nitrogen and oxygen atoms in total. The Morgan fingerprint density at radius 3 is 2.00 bits per heavy atom. The minimum absolute atomic E-state index is 0.0253. The molecule has 4 N–H and O–H groups in total. The predicted octanol–water partition coefficient (Wildman–Crippen LogP) is 0.933. The third-order valence-electron chi connectivity index (χ3n) is 3.04. The van der Waals surface area contributed by atoms with Crippen molar-refractivity contribution in [3.05, 3.63) is 34.4 Å². The number of carboxylic acids is 2. The molecule has 0 amide bonds. The average molecular weight is 282 g/mol. The van der Waals surface area contributed by atoms with E-state index in [0.29, 0.717) is 36.8 Å². The third-order valence-corrected chi connectivity index (χ3v) is 3.04. The quantitative estimate of drug-likeness (QED) is 0.564. The van der Waals surface area contributed by atoms with E-state index in [4.69, 9.17) is 15.3 Å². The second kappa shape index (κ2) is 7.62. The summed E-state index contributed by atoms with van der Waals surface area (Å²) in [5, 5.41) is 36.1. The molecular formula is C14H18O6. The molecule has 0 aromatic heterocycles. The Morgan fingerprint density at radius 2 is 1.50 bits per heavy atom. The van der Waals surface area contributed by atoms with Gasteiger partial charge in [-0.05, 0) is 42.9 Å². The van der Waals surface area contributed by atoms with Crippen molar-refractivity contribution in [2.45, 2.75) is 25.7 Å². The number of hydrogen-bond acceptors (Lipinski definition) is 4. The minimum Gasteiger partial charge on any atom is -0.478 e. The molecule has 0 bridgehead atoms. The molecule has 6 heteroatoms. The number of benzene rings is 1. The summed E-state index contributed by atoms with van der Waals surface area (Å²) in [4.78, 5) is 22.5. The van der Waals surface area contributed by atoms with Crippen molar-refractivity contribution in [2.75, 3.05) is 13.2 Å². The van der Waals surface area contributed by atoms with Crippen molar-refractivity contribution in [2.24, 2.45) is 0 Å². The molecule has 0 heterocycles. The summed E-state index contributed by atoms with van der Waals surface area (Å²) in [5.74, 6) is -2.58. The number of carboxylic acid groups (broad SMARTS) is 2. The lowest BCUT2D eigenvalue weighted by atomic mass is 9.90. The zero-order valence-electron chi connectivity index (χ0n) is 11.0. The lowest BCUT2D eigenvalue weighted by Gasteiger charge is -2.14. The molecule has 1 aromatic carbocycles. The zero-order chi connectivity index (χ0) is 15.1. The fourth-order valence-electron chi connectivity index (χ4n) is 2.16. The van der Waals surface area contributed by atoms with E-state index in [2.05, 4.69) is 0 Å². The van der Waals surface area contributed by atoms with E-state index in [1.807, 2.05) is 0 Å². The standard InChI is InChI=1S/C14H18O6/c15-7-1-3-9-5-6-11(13(17)18)12(14(19)20)10(9)4-2-8-16/h5-6,15-16H,1-4,7-8H2,(H,17,18)(H,19,20). The lowest BCUT2D eigenvalue weighted by molar-refractivity contribution is 0.0650. The van der Waals surface area contributed by atoms with Crippen molar-refractivity contribution in [1.82, 2.24) is 0 Å². The topological polar surface area (TPSA) is 115 Å². The molecule has 0 aliphatic heterocycles. The van der Waals surface area contributed by atoms with Crippen LogP contribution in [0.4, 0.5) is 0 Å². The molecule has 0 spiro atoms. The SMILES string of the molecule is O=C(O)c1ccc(CCCO)c(CCCO)c1C(=O)O. The van der Waals surface area contributed by atoms with Gasteiger partial charge in [0.1, 0.15) is 0 Å². The number of aliphatic hydroxyl groups excluding tert-OH is 2. The van der Waals surface area contributed by atoms with E-state index >= 15 is 0 Å². The molecule has 0 aliphatic rings. The highest BCUT2D eigenvalue weighted by atomic mass is 16.4. The van der Waals surface area contributed by atoms with E-state index in [9.17, 15) is 14.7 Å². The number of carbonyl (C=O) groups is 2. The smallest absolute Gasteiger partial charge is 0.336 e. The molecule has 1 rings (SSSR count). The summed E-state index contributed by atoms with van der Waals surface area (Å²) in [6.07, 6.45) is 1.59. The first-order valence-electron chi connectivity index (χ1n) is 6.36. The van der Waals surface area contributed by atoms with Crippen molar-refractivity contribution < 1.29 is 30.0 Å². The molecule has 0 atom stereocenters. The monoisotopic (exact) mass is 282 g/mol. The van der Waals surface area contributed by atoms with Crippen molar-refractivity contribution in [3.8, 4) is 0 Å². The van der Waals surface area contributed by atoms with Gasteiger partial charge in [0.05, 0.1) is 11.1 Å². The van der Waals surface area contributed by atoms with Crippen molar-refractivity contribution in [3.63, 3.8) is 0 Å². The number of hydrogen-bond donors (Lipinski definition) is 4. The molecule has 1 aromatic rings. The van der Waals surface area contributed by atoms with Crippen molar-refractivity contribution in [1.29, 1.82) is 0 Å². The predicted molar refractivity (Wildman–Crippen MR) is 71.2 cm³/mol. The molecule has 0 fully saturated rings. The number of aliphatic hydroxyl groups is 2. The van der Waals surface area contributed by atoms with Gasteiger partial charge in [-0.25, -0.2) is 9.59 Å². The van der Waals surface area contributed by atoms with E-state index in [-0.39, 0.29) is 24.3 Å². The maximum Gasteiger partial charge on any atom is 0.336 e. The van der Waals surface area contributed by atoms with Gasteiger partial charge in [0.15, 0.2) is 0 Å². The molecule has 0 saturated carbocycles. The van der Waals surface area contributed by atoms with Gasteiger partial charge in [0.25, 0.3) is 0 Å². The van der Waals surface area contributed by atoms with E-state index in [0.717, 1.165) is 0 Å². The van der Waals surface area contributed by atoms with Crippen LogP contribution in [0.1, 0.15) is 44.7 Å². The van der Waals surface area contributed by atoms with Crippen LogP contribution in [-0.4, -0.2) is 45.6 Å². The van der Waals surface area contributed by atoms with Gasteiger partial charge in [-0.2, -0.15) is 0 Å². The second-order valence-electron chi connectivity index (χ2n) is 4.39. The van der Waals surface area contributed by atoms with Crippen LogP contribution in [0.2, 0.25) is 0 Å². The number of aromatic carboxylic acids is 2. The Hall–Kier alpha value is -1.92. The first-order chi connectivity index (χ1) is 9.52. The molecule has 0 unspecified atom stereocenters. The van der Waals surface area contributed by atoms with Crippen LogP contribution < -0.4 is 0 Å². The average Bonchev–Trinajstić information content (AvgIpc) is 2.41. The highest BCUT2D eigenvalue weighted by Crippen LogP contribution is 2.23. The van der Waals surface area contributed by atoms with Crippen LogP contribution in [0.15, 0.2) is 12.1 Å². The van der Waals surface area contributed by atoms with Gasteiger partial charge < -0.3 is 20.4 Å². The summed E-state index contributed by atoms with van der Waals surface area (Å²) in [6, 6.07) is 2.86. The van der Waals surface area contributed by atoms with Gasteiger partial charge in [-0.15, -0.1) is 0 Å². The first-order valence-corrected chi connectivity index (χ1v) is 6.36. The number of aryl methyl sites for hydroxylation is 1. The van der Waals surface area contributed by atoms with Crippen LogP contribution in [0.5, 0.6) is 0 Å². The number of rotatable bonds is 8. The van der Waals surface area contributed by atoms with Gasteiger partial charge in [-0.3, -0.25) is 0 Å². The van der Waals surface area contributed by atoms with Gasteiger partial charge in [0.2, 0.25) is 0 Å². The second-order valence-corrected chi connectivity index (χ2v) is 4.39. The fourth-order valence-corrected chi connectivity index (χ4v) is 2.16. The summed E-state index contributed by atoms with van der Waals surface area (Å²) in [6.45, 7) is -0.127. The van der Waals surface area contributed by atoms with Gasteiger partial charge in [-0.1, -0.05) is 6.07 Å². The molecule has 20 heavy (non-hydrogen) atoms. The fraction of sp³-hybridized carbons (Fsp3) is 0.429. The molecular weight excluding hydrogens is 264 g/mol. The van der Waals surface area contributed by atoms with Crippen LogP contribution in [-0.2, 0) is 12.8 Å². The van der Waals surface area contributed by atoms with Crippen LogP contribution in [0.3, 0.4) is 0 Å². The highest BCUT2D eigenvalue weighted by Gasteiger charge is 2.22. The third kappa shape index (κ3) is 3.79. The first kappa shape index (κ1) is 16.1. The molecule has 0 aliphatic carbocycles. The molecule has 0 radical (unpaired) electrons. The van der Waals surface area contributed by atoms with Crippen molar-refractivity contribution >= 4 is 11.9 Å². The van der Waals surface area contributed by atoms with Crippen LogP contribution >= 0.6 is 0 Å². The Kier molecular flexibility index (Phi) is 6.14.